The summed E-state index contributed by atoms with van der Waals surface area (Å²) in [6, 6.07) is 3.51. The fourth-order valence-electron chi connectivity index (χ4n) is 1.15. The Bertz CT molecular complexity index is 367. The Hall–Kier alpha value is -1.52. The molecule has 5 heteroatoms. The predicted molar refractivity (Wildman–Crippen MR) is 46.4 cm³/mol. The first-order chi connectivity index (χ1) is 6.18. The van der Waals surface area contributed by atoms with Crippen LogP contribution < -0.4 is 4.74 Å². The second kappa shape index (κ2) is 2.76. The van der Waals surface area contributed by atoms with Crippen molar-refractivity contribution in [2.75, 3.05) is 6.73 Å². The third-order valence-corrected chi connectivity index (χ3v) is 1.82. The van der Waals surface area contributed by atoms with Crippen LogP contribution in [0, 0.1) is 6.92 Å². The topological polar surface area (TPSA) is 42.4 Å². The Morgan fingerprint density at radius 1 is 1.62 bits per heavy atom. The second-order valence-electron chi connectivity index (χ2n) is 2.85. The standard InChI is InChI=1S/C8H7BN2O2/c1-5-2-3-6-7(10-5)8(12)11(9)4-13-6/h2-3H,4H2,1H3. The summed E-state index contributed by atoms with van der Waals surface area (Å²) in [5.41, 5.74) is 1.06. The SMILES string of the molecule is [B]N1COc2ccc(C)nc2C1=O. The molecule has 0 N–H and O–H groups in total. The number of carbonyl (C=O) groups is 1. The molecule has 1 amide bonds. The lowest BCUT2D eigenvalue weighted by atomic mass is 10.2. The van der Waals surface area contributed by atoms with Crippen LogP contribution in [-0.4, -0.2) is 30.4 Å². The molecule has 13 heavy (non-hydrogen) atoms. The second-order valence-corrected chi connectivity index (χ2v) is 2.85. The van der Waals surface area contributed by atoms with Gasteiger partial charge < -0.3 is 9.55 Å². The summed E-state index contributed by atoms with van der Waals surface area (Å²) in [4.78, 5) is 16.5. The van der Waals surface area contributed by atoms with Crippen LogP contribution in [-0.2, 0) is 0 Å². The number of amides is 1. The zero-order valence-corrected chi connectivity index (χ0v) is 7.15. The monoisotopic (exact) mass is 174 g/mol. The summed E-state index contributed by atoms with van der Waals surface area (Å²) in [5.74, 6) is 0.197. The van der Waals surface area contributed by atoms with E-state index in [0.717, 1.165) is 10.5 Å². The molecule has 1 aromatic heterocycles. The van der Waals surface area contributed by atoms with E-state index in [1.165, 1.54) is 0 Å². The van der Waals surface area contributed by atoms with Crippen molar-refractivity contribution in [3.05, 3.63) is 23.5 Å². The van der Waals surface area contributed by atoms with Crippen LogP contribution in [0.5, 0.6) is 5.75 Å². The van der Waals surface area contributed by atoms with E-state index in [2.05, 4.69) is 4.98 Å². The number of ether oxygens (including phenoxy) is 1. The molecular weight excluding hydrogens is 167 g/mol. The maximum Gasteiger partial charge on any atom is 0.265 e. The van der Waals surface area contributed by atoms with Gasteiger partial charge in [0.05, 0.1) is 0 Å². The molecule has 0 saturated heterocycles. The quantitative estimate of drug-likeness (QED) is 0.530. The Morgan fingerprint density at radius 2 is 2.38 bits per heavy atom. The van der Waals surface area contributed by atoms with Gasteiger partial charge in [-0.05, 0) is 19.1 Å². The van der Waals surface area contributed by atoms with Gasteiger partial charge in [0, 0.05) is 5.69 Å². The molecule has 2 rings (SSSR count). The number of aryl methyl sites for hydroxylation is 1. The number of fused-ring (bicyclic) bond motifs is 1. The van der Waals surface area contributed by atoms with E-state index >= 15 is 0 Å². The fourth-order valence-corrected chi connectivity index (χ4v) is 1.15. The Labute approximate surface area is 76.9 Å². The number of carbonyl (C=O) groups excluding carboxylic acids is 1. The number of hydrogen-bond donors (Lipinski definition) is 0. The van der Waals surface area contributed by atoms with Crippen LogP contribution in [0.4, 0.5) is 0 Å². The molecule has 0 bridgehead atoms. The van der Waals surface area contributed by atoms with Gasteiger partial charge in [-0.25, -0.2) is 4.98 Å². The van der Waals surface area contributed by atoms with Gasteiger partial charge in [0.1, 0.15) is 0 Å². The molecule has 1 aliphatic heterocycles. The van der Waals surface area contributed by atoms with Crippen molar-refractivity contribution in [1.29, 1.82) is 0 Å². The van der Waals surface area contributed by atoms with Crippen LogP contribution in [0.15, 0.2) is 12.1 Å². The number of aromatic nitrogens is 1. The molecule has 4 nitrogen and oxygen atoms in total. The molecule has 1 aliphatic rings. The van der Waals surface area contributed by atoms with Gasteiger partial charge in [-0.3, -0.25) is 4.79 Å². The van der Waals surface area contributed by atoms with Crippen molar-refractivity contribution in [2.24, 2.45) is 0 Å². The predicted octanol–water partition coefficient (Wildman–Crippen LogP) is 0.266. The molecule has 0 atom stereocenters. The molecule has 0 fully saturated rings. The van der Waals surface area contributed by atoms with E-state index in [1.807, 2.05) is 6.92 Å². The average Bonchev–Trinajstić information content (AvgIpc) is 2.12. The minimum absolute atomic E-state index is 0.0799. The van der Waals surface area contributed by atoms with Crippen LogP contribution in [0.2, 0.25) is 0 Å². The zero-order chi connectivity index (χ0) is 9.42. The van der Waals surface area contributed by atoms with E-state index in [4.69, 9.17) is 12.7 Å². The van der Waals surface area contributed by atoms with Gasteiger partial charge in [0.25, 0.3) is 5.91 Å². The number of pyridine rings is 1. The van der Waals surface area contributed by atoms with Crippen molar-refractivity contribution in [3.63, 3.8) is 0 Å². The van der Waals surface area contributed by atoms with Gasteiger partial charge >= 0.3 is 0 Å². The molecule has 0 saturated carbocycles. The van der Waals surface area contributed by atoms with E-state index in [1.54, 1.807) is 12.1 Å². The largest absolute Gasteiger partial charge is 0.472 e. The summed E-state index contributed by atoms with van der Waals surface area (Å²) in [7, 11) is 5.36. The Balaban J connectivity index is 2.51. The van der Waals surface area contributed by atoms with Gasteiger partial charge in [-0.2, -0.15) is 0 Å². The third-order valence-electron chi connectivity index (χ3n) is 1.82. The Kier molecular flexibility index (Phi) is 1.72. The lowest BCUT2D eigenvalue weighted by Gasteiger charge is -2.24. The van der Waals surface area contributed by atoms with Crippen LogP contribution >= 0.6 is 0 Å². The first-order valence-corrected chi connectivity index (χ1v) is 3.85. The normalized spacial score (nSPS) is 15.2. The number of hydrogen-bond acceptors (Lipinski definition) is 3. The van der Waals surface area contributed by atoms with Crippen molar-refractivity contribution >= 4 is 13.9 Å². The lowest BCUT2D eigenvalue weighted by molar-refractivity contribution is 0.0712. The minimum Gasteiger partial charge on any atom is -0.472 e. The summed E-state index contributed by atoms with van der Waals surface area (Å²) < 4.78 is 5.18. The van der Waals surface area contributed by atoms with Gasteiger partial charge in [0.15, 0.2) is 18.2 Å². The lowest BCUT2D eigenvalue weighted by Crippen LogP contribution is -2.37. The number of rotatable bonds is 0. The zero-order valence-electron chi connectivity index (χ0n) is 7.15. The fraction of sp³-hybridized carbons (Fsp3) is 0.250. The van der Waals surface area contributed by atoms with Crippen molar-refractivity contribution in [3.8, 4) is 5.75 Å². The van der Waals surface area contributed by atoms with E-state index in [0.29, 0.717) is 5.75 Å². The van der Waals surface area contributed by atoms with Crippen LogP contribution in [0.25, 0.3) is 0 Å². The van der Waals surface area contributed by atoms with Gasteiger partial charge in [-0.1, -0.05) is 0 Å². The van der Waals surface area contributed by atoms with Crippen LogP contribution in [0.3, 0.4) is 0 Å². The Morgan fingerprint density at radius 3 is 3.15 bits per heavy atom. The molecule has 1 aromatic rings. The van der Waals surface area contributed by atoms with Gasteiger partial charge in [-0.15, -0.1) is 0 Å². The maximum absolute atomic E-state index is 11.4. The third kappa shape index (κ3) is 1.26. The van der Waals surface area contributed by atoms with E-state index in [9.17, 15) is 4.79 Å². The molecule has 64 valence electrons. The average molecular weight is 174 g/mol. The molecule has 2 heterocycles. The maximum atomic E-state index is 11.4. The van der Waals surface area contributed by atoms with Crippen LogP contribution in [0.1, 0.15) is 16.2 Å². The van der Waals surface area contributed by atoms with Gasteiger partial charge in [0.2, 0.25) is 7.98 Å². The summed E-state index contributed by atoms with van der Waals surface area (Å²) >= 11 is 0. The first-order valence-electron chi connectivity index (χ1n) is 3.85. The highest BCUT2D eigenvalue weighted by atomic mass is 16.5. The molecule has 0 spiro atoms. The molecule has 0 unspecified atom stereocenters. The first kappa shape index (κ1) is 8.10. The summed E-state index contributed by atoms with van der Waals surface area (Å²) in [5, 5.41) is 0. The molecular formula is C8H7BN2O2. The van der Waals surface area contributed by atoms with E-state index in [-0.39, 0.29) is 18.3 Å². The summed E-state index contributed by atoms with van der Waals surface area (Å²) in [6.07, 6.45) is 0. The van der Waals surface area contributed by atoms with E-state index < -0.39 is 0 Å². The number of nitrogens with zero attached hydrogens (tertiary/aromatic N) is 2. The van der Waals surface area contributed by atoms with Crippen molar-refractivity contribution < 1.29 is 9.53 Å². The smallest absolute Gasteiger partial charge is 0.265 e. The molecule has 0 aliphatic carbocycles. The molecule has 0 aromatic carbocycles. The highest BCUT2D eigenvalue weighted by Crippen LogP contribution is 2.21. The molecule has 2 radical (unpaired) electrons. The highest BCUT2D eigenvalue weighted by Gasteiger charge is 2.23. The van der Waals surface area contributed by atoms with Crippen molar-refractivity contribution in [2.45, 2.75) is 6.92 Å². The van der Waals surface area contributed by atoms with Crippen molar-refractivity contribution in [1.82, 2.24) is 9.79 Å². The minimum atomic E-state index is -0.301. The summed E-state index contributed by atoms with van der Waals surface area (Å²) in [6.45, 7) is 1.89. The highest BCUT2D eigenvalue weighted by molar-refractivity contribution is 6.18.